The van der Waals surface area contributed by atoms with Gasteiger partial charge in [0.2, 0.25) is 0 Å². The van der Waals surface area contributed by atoms with Crippen LogP contribution in [0.3, 0.4) is 0 Å². The smallest absolute Gasteiger partial charge is 0.307 e. The van der Waals surface area contributed by atoms with E-state index in [2.05, 4.69) is 5.10 Å². The molecule has 5 nitrogen and oxygen atoms in total. The summed E-state index contributed by atoms with van der Waals surface area (Å²) in [5, 5.41) is 12.8. The maximum atomic E-state index is 11.8. The van der Waals surface area contributed by atoms with E-state index >= 15 is 0 Å². The van der Waals surface area contributed by atoms with E-state index in [4.69, 9.17) is 5.11 Å². The van der Waals surface area contributed by atoms with Crippen molar-refractivity contribution in [2.24, 2.45) is 11.8 Å². The summed E-state index contributed by atoms with van der Waals surface area (Å²) in [4.78, 5) is 22.5. The Bertz CT molecular complexity index is 425. The first-order valence-corrected chi connectivity index (χ1v) is 5.43. The number of aryl methyl sites for hydroxylation is 1. The molecule has 86 valence electrons. The molecule has 1 aliphatic carbocycles. The molecular formula is C11H14N2O3. The Labute approximate surface area is 93.1 Å². The molecule has 2 atom stereocenters. The number of carbonyl (C=O) groups excluding carboxylic acids is 1. The van der Waals surface area contributed by atoms with Crippen LogP contribution >= 0.6 is 0 Å². The number of ketones is 1. The third-order valence-electron chi connectivity index (χ3n) is 2.81. The maximum Gasteiger partial charge on any atom is 0.307 e. The maximum absolute atomic E-state index is 11.8. The van der Waals surface area contributed by atoms with Crippen LogP contribution in [0.1, 0.15) is 30.1 Å². The molecule has 2 rings (SSSR count). The van der Waals surface area contributed by atoms with Crippen LogP contribution in [-0.4, -0.2) is 26.6 Å². The highest BCUT2D eigenvalue weighted by Gasteiger charge is 2.48. The monoisotopic (exact) mass is 222 g/mol. The third-order valence-corrected chi connectivity index (χ3v) is 2.81. The van der Waals surface area contributed by atoms with E-state index in [1.54, 1.807) is 10.9 Å². The standard InChI is InChI=1S/C11H14N2O3/c1-2-3-13-6-7(5-12-13)10(14)8-4-9(8)11(15)16/h5-6,8-9H,2-4H2,1H3,(H,15,16)/t8-,9-/m1/s1. The summed E-state index contributed by atoms with van der Waals surface area (Å²) in [6.45, 7) is 2.81. The van der Waals surface area contributed by atoms with Gasteiger partial charge in [-0.25, -0.2) is 0 Å². The summed E-state index contributed by atoms with van der Waals surface area (Å²) in [5.74, 6) is -1.78. The predicted octanol–water partition coefficient (Wildman–Crippen LogP) is 1.20. The van der Waals surface area contributed by atoms with Gasteiger partial charge in [0, 0.05) is 18.7 Å². The van der Waals surface area contributed by atoms with Crippen LogP contribution in [0.25, 0.3) is 0 Å². The Morgan fingerprint density at radius 1 is 1.56 bits per heavy atom. The number of carboxylic acid groups (broad SMARTS) is 1. The summed E-state index contributed by atoms with van der Waals surface area (Å²) in [6, 6.07) is 0. The van der Waals surface area contributed by atoms with Gasteiger partial charge in [0.25, 0.3) is 0 Å². The lowest BCUT2D eigenvalue weighted by atomic mass is 10.1. The minimum Gasteiger partial charge on any atom is -0.481 e. The van der Waals surface area contributed by atoms with Gasteiger partial charge >= 0.3 is 5.97 Å². The molecule has 1 aromatic heterocycles. The van der Waals surface area contributed by atoms with Crippen molar-refractivity contribution < 1.29 is 14.7 Å². The molecule has 0 unspecified atom stereocenters. The zero-order valence-corrected chi connectivity index (χ0v) is 9.09. The molecule has 0 amide bonds. The molecule has 0 aliphatic heterocycles. The molecule has 16 heavy (non-hydrogen) atoms. The second-order valence-corrected chi connectivity index (χ2v) is 4.14. The van der Waals surface area contributed by atoms with Crippen molar-refractivity contribution in [2.45, 2.75) is 26.3 Å². The number of aromatic nitrogens is 2. The molecule has 1 heterocycles. The second kappa shape index (κ2) is 4.08. The average Bonchev–Trinajstić information content (AvgIpc) is 2.92. The lowest BCUT2D eigenvalue weighted by molar-refractivity contribution is -0.138. The van der Waals surface area contributed by atoms with E-state index in [1.165, 1.54) is 6.20 Å². The molecule has 5 heteroatoms. The van der Waals surface area contributed by atoms with Crippen molar-refractivity contribution >= 4 is 11.8 Å². The SMILES string of the molecule is CCCn1cc(C(=O)[C@@H]2C[C@H]2C(=O)O)cn1. The predicted molar refractivity (Wildman–Crippen MR) is 56.1 cm³/mol. The lowest BCUT2D eigenvalue weighted by Gasteiger charge is -1.95. The number of carbonyl (C=O) groups is 2. The zero-order valence-electron chi connectivity index (χ0n) is 9.09. The first kappa shape index (κ1) is 10.9. The van der Waals surface area contributed by atoms with E-state index in [0.717, 1.165) is 13.0 Å². The Morgan fingerprint density at radius 3 is 2.88 bits per heavy atom. The van der Waals surface area contributed by atoms with Gasteiger partial charge in [0.1, 0.15) is 0 Å². The molecule has 0 saturated heterocycles. The van der Waals surface area contributed by atoms with Crippen LogP contribution in [0, 0.1) is 11.8 Å². The van der Waals surface area contributed by atoms with Gasteiger partial charge < -0.3 is 5.11 Å². The molecule has 0 bridgehead atoms. The molecule has 1 aliphatic rings. The van der Waals surface area contributed by atoms with Crippen molar-refractivity contribution in [3.05, 3.63) is 18.0 Å². The molecule has 0 aromatic carbocycles. The summed E-state index contributed by atoms with van der Waals surface area (Å²) in [6.07, 6.45) is 4.64. The number of aliphatic carboxylic acids is 1. The largest absolute Gasteiger partial charge is 0.481 e. The van der Waals surface area contributed by atoms with Gasteiger partial charge in [0.15, 0.2) is 5.78 Å². The van der Waals surface area contributed by atoms with E-state index < -0.39 is 11.9 Å². The highest BCUT2D eigenvalue weighted by Crippen LogP contribution is 2.40. The van der Waals surface area contributed by atoms with Crippen LogP contribution in [0.4, 0.5) is 0 Å². The van der Waals surface area contributed by atoms with E-state index in [0.29, 0.717) is 12.0 Å². The highest BCUT2D eigenvalue weighted by molar-refractivity contribution is 6.02. The van der Waals surface area contributed by atoms with Gasteiger partial charge in [-0.2, -0.15) is 5.10 Å². The Morgan fingerprint density at radius 2 is 2.31 bits per heavy atom. The van der Waals surface area contributed by atoms with Gasteiger partial charge in [-0.3, -0.25) is 14.3 Å². The summed E-state index contributed by atoms with van der Waals surface area (Å²) >= 11 is 0. The van der Waals surface area contributed by atoms with E-state index in [-0.39, 0.29) is 11.7 Å². The van der Waals surface area contributed by atoms with Crippen molar-refractivity contribution in [1.82, 2.24) is 9.78 Å². The molecule has 1 fully saturated rings. The van der Waals surface area contributed by atoms with Crippen LogP contribution in [0.5, 0.6) is 0 Å². The van der Waals surface area contributed by atoms with Gasteiger partial charge in [0.05, 0.1) is 17.7 Å². The van der Waals surface area contributed by atoms with Crippen LogP contribution in [-0.2, 0) is 11.3 Å². The summed E-state index contributed by atoms with van der Waals surface area (Å²) in [5.41, 5.74) is 0.530. The van der Waals surface area contributed by atoms with Crippen LogP contribution < -0.4 is 0 Å². The fourth-order valence-electron chi connectivity index (χ4n) is 1.81. The Hall–Kier alpha value is -1.65. The average molecular weight is 222 g/mol. The fourth-order valence-corrected chi connectivity index (χ4v) is 1.81. The number of hydrogen-bond donors (Lipinski definition) is 1. The minimum absolute atomic E-state index is 0.0882. The molecule has 1 saturated carbocycles. The number of hydrogen-bond acceptors (Lipinski definition) is 3. The van der Waals surface area contributed by atoms with Gasteiger partial charge in [-0.1, -0.05) is 6.92 Å². The number of nitrogens with zero attached hydrogens (tertiary/aromatic N) is 2. The second-order valence-electron chi connectivity index (χ2n) is 4.14. The molecule has 0 radical (unpaired) electrons. The van der Waals surface area contributed by atoms with Crippen molar-refractivity contribution in [3.63, 3.8) is 0 Å². The van der Waals surface area contributed by atoms with Crippen molar-refractivity contribution in [2.75, 3.05) is 0 Å². The first-order valence-electron chi connectivity index (χ1n) is 5.43. The fraction of sp³-hybridized carbons (Fsp3) is 0.545. The zero-order chi connectivity index (χ0) is 11.7. The Balaban J connectivity index is 2.02. The normalized spacial score (nSPS) is 23.1. The molecule has 1 aromatic rings. The van der Waals surface area contributed by atoms with E-state index in [9.17, 15) is 9.59 Å². The van der Waals surface area contributed by atoms with Crippen molar-refractivity contribution in [1.29, 1.82) is 0 Å². The first-order chi connectivity index (χ1) is 7.63. The number of carboxylic acids is 1. The summed E-state index contributed by atoms with van der Waals surface area (Å²) in [7, 11) is 0. The lowest BCUT2D eigenvalue weighted by Crippen LogP contribution is -2.07. The van der Waals surface area contributed by atoms with Crippen LogP contribution in [0.2, 0.25) is 0 Å². The Kier molecular flexibility index (Phi) is 2.77. The molecule has 1 N–H and O–H groups in total. The molecular weight excluding hydrogens is 208 g/mol. The van der Waals surface area contributed by atoms with Gasteiger partial charge in [-0.05, 0) is 12.8 Å². The van der Waals surface area contributed by atoms with Crippen LogP contribution in [0.15, 0.2) is 12.4 Å². The third kappa shape index (κ3) is 1.98. The quantitative estimate of drug-likeness (QED) is 0.760. The number of rotatable bonds is 5. The topological polar surface area (TPSA) is 72.2 Å². The van der Waals surface area contributed by atoms with E-state index in [1.807, 2.05) is 6.92 Å². The summed E-state index contributed by atoms with van der Waals surface area (Å²) < 4.78 is 1.71. The number of Topliss-reactive ketones (excluding diaryl/α,β-unsaturated/α-hetero) is 1. The molecule has 0 spiro atoms. The van der Waals surface area contributed by atoms with Gasteiger partial charge in [-0.15, -0.1) is 0 Å². The minimum atomic E-state index is -0.876. The van der Waals surface area contributed by atoms with Crippen molar-refractivity contribution in [3.8, 4) is 0 Å². The highest BCUT2D eigenvalue weighted by atomic mass is 16.4.